The molecule has 4 nitrogen and oxygen atoms in total. The van der Waals surface area contributed by atoms with Gasteiger partial charge in [0.1, 0.15) is 0 Å². The topological polar surface area (TPSA) is 41.6 Å². The minimum Gasteiger partial charge on any atom is -0.385 e. The summed E-state index contributed by atoms with van der Waals surface area (Å²) < 4.78 is 5.16. The number of hydrogen-bond acceptors (Lipinski definition) is 3. The SMILES string of the molecule is COCCC1(CN2CNC(CC(C)C)C2=O)CC1. The molecule has 4 heteroatoms. The van der Waals surface area contributed by atoms with Crippen LogP contribution in [0.1, 0.15) is 39.5 Å². The second-order valence-electron chi connectivity index (χ2n) is 6.32. The number of hydrogen-bond donors (Lipinski definition) is 1. The van der Waals surface area contributed by atoms with E-state index in [-0.39, 0.29) is 6.04 Å². The van der Waals surface area contributed by atoms with Crippen LogP contribution in [-0.2, 0) is 9.53 Å². The number of nitrogens with zero attached hydrogens (tertiary/aromatic N) is 1. The fraction of sp³-hybridized carbons (Fsp3) is 0.929. The predicted octanol–water partition coefficient (Wildman–Crippen LogP) is 1.61. The van der Waals surface area contributed by atoms with E-state index in [4.69, 9.17) is 4.74 Å². The van der Waals surface area contributed by atoms with Crippen LogP contribution < -0.4 is 5.32 Å². The van der Waals surface area contributed by atoms with Gasteiger partial charge in [-0.25, -0.2) is 0 Å². The van der Waals surface area contributed by atoms with Crippen LogP contribution in [0.5, 0.6) is 0 Å². The molecule has 1 atom stereocenters. The lowest BCUT2D eigenvalue weighted by molar-refractivity contribution is -0.130. The van der Waals surface area contributed by atoms with Crippen molar-refractivity contribution in [1.82, 2.24) is 10.2 Å². The first-order valence-corrected chi connectivity index (χ1v) is 7.07. The zero-order chi connectivity index (χ0) is 13.2. The molecule has 1 amide bonds. The highest BCUT2D eigenvalue weighted by Crippen LogP contribution is 2.49. The van der Waals surface area contributed by atoms with Gasteiger partial charge >= 0.3 is 0 Å². The molecule has 0 radical (unpaired) electrons. The lowest BCUT2D eigenvalue weighted by atomic mass is 10.0. The summed E-state index contributed by atoms with van der Waals surface area (Å²) in [6.45, 7) is 6.78. The molecule has 1 aliphatic heterocycles. The van der Waals surface area contributed by atoms with Crippen LogP contribution in [0.25, 0.3) is 0 Å². The highest BCUT2D eigenvalue weighted by Gasteiger charge is 2.46. The van der Waals surface area contributed by atoms with E-state index in [0.29, 0.717) is 17.2 Å². The molecule has 1 unspecified atom stereocenters. The van der Waals surface area contributed by atoms with Gasteiger partial charge < -0.3 is 9.64 Å². The Bertz CT molecular complexity index is 300. The molecule has 2 fully saturated rings. The second-order valence-corrected chi connectivity index (χ2v) is 6.32. The average molecular weight is 254 g/mol. The number of ether oxygens (including phenoxy) is 1. The Hall–Kier alpha value is -0.610. The monoisotopic (exact) mass is 254 g/mol. The normalized spacial score (nSPS) is 26.1. The number of amides is 1. The Morgan fingerprint density at radius 1 is 1.50 bits per heavy atom. The van der Waals surface area contributed by atoms with E-state index in [1.54, 1.807) is 7.11 Å². The second kappa shape index (κ2) is 5.57. The smallest absolute Gasteiger partial charge is 0.240 e. The number of nitrogens with one attached hydrogen (secondary N) is 1. The Morgan fingerprint density at radius 2 is 2.22 bits per heavy atom. The van der Waals surface area contributed by atoms with Crippen molar-refractivity contribution < 1.29 is 9.53 Å². The third-order valence-corrected chi connectivity index (χ3v) is 4.17. The van der Waals surface area contributed by atoms with Gasteiger partial charge in [0.2, 0.25) is 5.91 Å². The van der Waals surface area contributed by atoms with E-state index in [0.717, 1.165) is 32.7 Å². The summed E-state index contributed by atoms with van der Waals surface area (Å²) in [6.07, 6.45) is 4.52. The molecular weight excluding hydrogens is 228 g/mol. The largest absolute Gasteiger partial charge is 0.385 e. The van der Waals surface area contributed by atoms with Crippen molar-refractivity contribution in [2.24, 2.45) is 11.3 Å². The van der Waals surface area contributed by atoms with Crippen LogP contribution in [0.15, 0.2) is 0 Å². The Morgan fingerprint density at radius 3 is 2.78 bits per heavy atom. The van der Waals surface area contributed by atoms with Crippen molar-refractivity contribution in [3.63, 3.8) is 0 Å². The van der Waals surface area contributed by atoms with Crippen LogP contribution in [0, 0.1) is 11.3 Å². The van der Waals surface area contributed by atoms with Gasteiger partial charge in [-0.3, -0.25) is 10.1 Å². The minimum atomic E-state index is 0.0447. The zero-order valence-electron chi connectivity index (χ0n) is 11.9. The molecule has 1 aliphatic carbocycles. The maximum absolute atomic E-state index is 12.3. The van der Waals surface area contributed by atoms with Gasteiger partial charge in [-0.2, -0.15) is 0 Å². The van der Waals surface area contributed by atoms with Crippen LogP contribution in [0.3, 0.4) is 0 Å². The van der Waals surface area contributed by atoms with Crippen molar-refractivity contribution >= 4 is 5.91 Å². The quantitative estimate of drug-likeness (QED) is 0.750. The molecule has 104 valence electrons. The first-order chi connectivity index (χ1) is 8.56. The van der Waals surface area contributed by atoms with Crippen molar-refractivity contribution in [3.8, 4) is 0 Å². The van der Waals surface area contributed by atoms with Crippen LogP contribution in [0.4, 0.5) is 0 Å². The Labute approximate surface area is 110 Å². The summed E-state index contributed by atoms with van der Waals surface area (Å²) in [5, 5.41) is 3.34. The van der Waals surface area contributed by atoms with Crippen molar-refractivity contribution in [2.45, 2.75) is 45.6 Å². The van der Waals surface area contributed by atoms with Gasteiger partial charge in [-0.15, -0.1) is 0 Å². The molecule has 1 N–H and O–H groups in total. The molecule has 2 aliphatic rings. The maximum Gasteiger partial charge on any atom is 0.240 e. The van der Waals surface area contributed by atoms with E-state index in [1.807, 2.05) is 4.90 Å². The summed E-state index contributed by atoms with van der Waals surface area (Å²) in [5.41, 5.74) is 0.361. The van der Waals surface area contributed by atoms with Gasteiger partial charge in [0.05, 0.1) is 12.7 Å². The predicted molar refractivity (Wildman–Crippen MR) is 71.1 cm³/mol. The standard InChI is InChI=1S/C14H26N2O2/c1-11(2)8-12-13(17)16(10-15-12)9-14(4-5-14)6-7-18-3/h11-12,15H,4-10H2,1-3H3. The number of methoxy groups -OCH3 is 1. The Kier molecular flexibility index (Phi) is 4.28. The molecule has 2 rings (SSSR count). The van der Waals surface area contributed by atoms with Crippen LogP contribution in [0.2, 0.25) is 0 Å². The zero-order valence-corrected chi connectivity index (χ0v) is 11.9. The van der Waals surface area contributed by atoms with Crippen LogP contribution in [-0.4, -0.2) is 43.8 Å². The van der Waals surface area contributed by atoms with E-state index in [9.17, 15) is 4.79 Å². The minimum absolute atomic E-state index is 0.0447. The van der Waals surface area contributed by atoms with E-state index in [2.05, 4.69) is 19.2 Å². The number of carbonyl (C=O) groups excluding carboxylic acids is 1. The van der Waals surface area contributed by atoms with Crippen molar-refractivity contribution in [2.75, 3.05) is 26.9 Å². The molecule has 0 spiro atoms. The van der Waals surface area contributed by atoms with Gasteiger partial charge in [-0.05, 0) is 37.0 Å². The number of rotatable bonds is 7. The fourth-order valence-electron chi connectivity index (χ4n) is 2.78. The lowest BCUT2D eigenvalue weighted by Crippen LogP contribution is -2.35. The molecule has 1 saturated heterocycles. The highest BCUT2D eigenvalue weighted by molar-refractivity contribution is 5.83. The van der Waals surface area contributed by atoms with Crippen molar-refractivity contribution in [3.05, 3.63) is 0 Å². The van der Waals surface area contributed by atoms with Crippen molar-refractivity contribution in [1.29, 1.82) is 0 Å². The van der Waals surface area contributed by atoms with E-state index in [1.165, 1.54) is 12.8 Å². The van der Waals surface area contributed by atoms with Gasteiger partial charge in [-0.1, -0.05) is 13.8 Å². The summed E-state index contributed by atoms with van der Waals surface area (Å²) in [6, 6.07) is 0.0447. The third-order valence-electron chi connectivity index (χ3n) is 4.17. The average Bonchev–Trinajstić information content (AvgIpc) is 3.01. The van der Waals surface area contributed by atoms with Crippen LogP contribution >= 0.6 is 0 Å². The molecule has 0 aromatic rings. The summed E-state index contributed by atoms with van der Waals surface area (Å²) >= 11 is 0. The summed E-state index contributed by atoms with van der Waals surface area (Å²) in [5.74, 6) is 0.863. The first-order valence-electron chi connectivity index (χ1n) is 7.07. The molecule has 18 heavy (non-hydrogen) atoms. The van der Waals surface area contributed by atoms with E-state index < -0.39 is 0 Å². The lowest BCUT2D eigenvalue weighted by Gasteiger charge is -2.23. The summed E-state index contributed by atoms with van der Waals surface area (Å²) in [4.78, 5) is 14.3. The molecule has 0 bridgehead atoms. The van der Waals surface area contributed by atoms with Gasteiger partial charge in [0.25, 0.3) is 0 Å². The van der Waals surface area contributed by atoms with E-state index >= 15 is 0 Å². The molecule has 1 heterocycles. The van der Waals surface area contributed by atoms with Gasteiger partial charge in [0, 0.05) is 20.3 Å². The fourth-order valence-corrected chi connectivity index (χ4v) is 2.78. The third kappa shape index (κ3) is 3.23. The molecule has 1 saturated carbocycles. The number of carbonyl (C=O) groups is 1. The molecule has 0 aromatic carbocycles. The van der Waals surface area contributed by atoms with Gasteiger partial charge in [0.15, 0.2) is 0 Å². The first kappa shape index (κ1) is 13.8. The maximum atomic E-state index is 12.3. The Balaban J connectivity index is 1.82. The molecule has 0 aromatic heterocycles. The summed E-state index contributed by atoms with van der Waals surface area (Å²) in [7, 11) is 1.75. The highest BCUT2D eigenvalue weighted by atomic mass is 16.5. The molecular formula is C14H26N2O2.